The Morgan fingerprint density at radius 2 is 1.63 bits per heavy atom. The van der Waals surface area contributed by atoms with E-state index in [0.29, 0.717) is 17.0 Å². The molecule has 10 heteroatoms. The molecule has 0 aliphatic rings. The summed E-state index contributed by atoms with van der Waals surface area (Å²) in [6.07, 6.45) is 1.30. The van der Waals surface area contributed by atoms with Gasteiger partial charge < -0.3 is 15.6 Å². The Labute approximate surface area is 199 Å². The maximum Gasteiger partial charge on any atom is 0.294 e. The number of nitrogens with zero attached hydrogens (tertiary/aromatic N) is 2. The van der Waals surface area contributed by atoms with Crippen LogP contribution in [0.1, 0.15) is 36.8 Å². The van der Waals surface area contributed by atoms with E-state index in [1.807, 2.05) is 6.07 Å². The fourth-order valence-corrected chi connectivity index (χ4v) is 3.24. The van der Waals surface area contributed by atoms with Crippen LogP contribution < -0.4 is 21.3 Å². The number of benzene rings is 3. The van der Waals surface area contributed by atoms with Crippen LogP contribution in [-0.4, -0.2) is 32.6 Å². The highest BCUT2D eigenvalue weighted by atomic mass is 16.5. The van der Waals surface area contributed by atoms with Crippen LogP contribution in [0, 0.1) is 0 Å². The normalized spacial score (nSPS) is 10.4. The summed E-state index contributed by atoms with van der Waals surface area (Å²) in [7, 11) is 0. The van der Waals surface area contributed by atoms with Gasteiger partial charge in [0.2, 0.25) is 0 Å². The number of hydrogen-bond acceptors (Lipinski definition) is 6. The van der Waals surface area contributed by atoms with E-state index in [9.17, 15) is 19.5 Å². The number of hydrogen-bond donors (Lipinski definition) is 4. The van der Waals surface area contributed by atoms with Crippen LogP contribution in [0.25, 0.3) is 5.69 Å². The zero-order valence-corrected chi connectivity index (χ0v) is 18.3. The third-order valence-electron chi connectivity index (χ3n) is 4.96. The molecule has 0 saturated carbocycles. The Hall–Kier alpha value is -5.12. The summed E-state index contributed by atoms with van der Waals surface area (Å²) in [5.41, 5.74) is 11.5. The lowest BCUT2D eigenvalue weighted by Gasteiger charge is -2.11. The molecule has 0 spiro atoms. The summed E-state index contributed by atoms with van der Waals surface area (Å²) in [4.78, 5) is 36.5. The Morgan fingerprint density at radius 1 is 0.914 bits per heavy atom. The highest BCUT2D eigenvalue weighted by Crippen LogP contribution is 2.20. The van der Waals surface area contributed by atoms with Crippen molar-refractivity contribution in [1.29, 1.82) is 0 Å². The van der Waals surface area contributed by atoms with E-state index in [4.69, 9.17) is 10.5 Å². The van der Waals surface area contributed by atoms with Crippen molar-refractivity contribution in [2.45, 2.75) is 6.61 Å². The second kappa shape index (κ2) is 10.2. The molecular formula is C25H21N5O5. The van der Waals surface area contributed by atoms with Crippen molar-refractivity contribution in [3.05, 3.63) is 107 Å². The van der Waals surface area contributed by atoms with Crippen molar-refractivity contribution in [3.63, 3.8) is 0 Å². The first kappa shape index (κ1) is 23.1. The molecule has 0 aliphatic heterocycles. The molecule has 4 rings (SSSR count). The molecule has 0 aliphatic carbocycles. The van der Waals surface area contributed by atoms with Crippen LogP contribution in [0.15, 0.2) is 85.1 Å². The monoisotopic (exact) mass is 471 g/mol. The fourth-order valence-electron chi connectivity index (χ4n) is 3.24. The minimum absolute atomic E-state index is 0.0859. The first-order valence-electron chi connectivity index (χ1n) is 10.5. The van der Waals surface area contributed by atoms with Gasteiger partial charge in [-0.2, -0.15) is 5.10 Å². The summed E-state index contributed by atoms with van der Waals surface area (Å²) < 4.78 is 7.04. The quantitative estimate of drug-likeness (QED) is 0.304. The zero-order chi connectivity index (χ0) is 24.8. The molecule has 0 bridgehead atoms. The largest absolute Gasteiger partial charge is 0.504 e. The number of hydrazine groups is 1. The number of para-hydroxylation sites is 2. The predicted octanol–water partition coefficient (Wildman–Crippen LogP) is 2.33. The summed E-state index contributed by atoms with van der Waals surface area (Å²) in [5.74, 6) is -1.98. The van der Waals surface area contributed by atoms with Gasteiger partial charge in [0.25, 0.3) is 17.7 Å². The molecule has 0 unspecified atom stereocenters. The molecular weight excluding hydrogens is 450 g/mol. The number of primary amides is 1. The van der Waals surface area contributed by atoms with Crippen LogP contribution in [0.2, 0.25) is 0 Å². The minimum Gasteiger partial charge on any atom is -0.504 e. The smallest absolute Gasteiger partial charge is 0.294 e. The summed E-state index contributed by atoms with van der Waals surface area (Å²) in [6.45, 7) is 0.0859. The molecule has 10 nitrogen and oxygen atoms in total. The highest BCUT2D eigenvalue weighted by molar-refractivity contribution is 5.99. The molecule has 3 aromatic carbocycles. The van der Waals surface area contributed by atoms with Gasteiger partial charge in [0.05, 0.1) is 17.4 Å². The van der Waals surface area contributed by atoms with E-state index in [1.165, 1.54) is 10.9 Å². The third kappa shape index (κ3) is 5.45. The van der Waals surface area contributed by atoms with Gasteiger partial charge in [-0.05, 0) is 42.0 Å². The Balaban J connectivity index is 1.38. The molecule has 4 aromatic rings. The molecule has 0 fully saturated rings. The number of carbonyl (C=O) groups is 3. The van der Waals surface area contributed by atoms with Crippen molar-refractivity contribution in [3.8, 4) is 17.2 Å². The van der Waals surface area contributed by atoms with Crippen molar-refractivity contribution in [2.75, 3.05) is 0 Å². The van der Waals surface area contributed by atoms with Crippen LogP contribution in [-0.2, 0) is 6.61 Å². The van der Waals surface area contributed by atoms with Gasteiger partial charge in [-0.1, -0.05) is 42.5 Å². The molecule has 0 saturated heterocycles. The Kier molecular flexibility index (Phi) is 6.73. The predicted molar refractivity (Wildman–Crippen MR) is 126 cm³/mol. The molecule has 5 N–H and O–H groups in total. The Bertz CT molecular complexity index is 1380. The number of ether oxygens (including phenoxy) is 1. The highest BCUT2D eigenvalue weighted by Gasteiger charge is 2.18. The average Bonchev–Trinajstić information content (AvgIpc) is 3.28. The van der Waals surface area contributed by atoms with Crippen molar-refractivity contribution in [2.24, 2.45) is 5.73 Å². The third-order valence-corrected chi connectivity index (χ3v) is 4.96. The Morgan fingerprint density at radius 3 is 2.40 bits per heavy atom. The molecule has 35 heavy (non-hydrogen) atoms. The van der Waals surface area contributed by atoms with Gasteiger partial charge in [-0.15, -0.1) is 0 Å². The van der Waals surface area contributed by atoms with Crippen LogP contribution in [0.4, 0.5) is 0 Å². The standard InChI is InChI=1S/C25H21N5O5/c26-23(32)19-11-4-5-12-21(19)35-15-16-7-6-8-17(13-16)24(33)27-28-25(34)22-20(31)14-30(29-22)18-9-2-1-3-10-18/h1-14,31H,15H2,(H2,26,32)(H,27,33)(H,28,34). The molecule has 0 radical (unpaired) electrons. The number of nitrogens with two attached hydrogens (primary N) is 1. The van der Waals surface area contributed by atoms with Gasteiger partial charge in [-0.3, -0.25) is 25.2 Å². The first-order valence-corrected chi connectivity index (χ1v) is 10.5. The van der Waals surface area contributed by atoms with Crippen molar-refractivity contribution in [1.82, 2.24) is 20.6 Å². The van der Waals surface area contributed by atoms with Gasteiger partial charge in [0, 0.05) is 5.56 Å². The van der Waals surface area contributed by atoms with E-state index in [2.05, 4.69) is 16.0 Å². The number of amides is 3. The fraction of sp³-hybridized carbons (Fsp3) is 0.0400. The summed E-state index contributed by atoms with van der Waals surface area (Å²) >= 11 is 0. The number of rotatable bonds is 7. The van der Waals surface area contributed by atoms with Gasteiger partial charge in [0.1, 0.15) is 12.4 Å². The number of nitrogens with one attached hydrogen (secondary N) is 2. The molecule has 1 heterocycles. The van der Waals surface area contributed by atoms with Crippen LogP contribution >= 0.6 is 0 Å². The van der Waals surface area contributed by atoms with E-state index < -0.39 is 17.7 Å². The van der Waals surface area contributed by atoms with Crippen molar-refractivity contribution < 1.29 is 24.2 Å². The molecule has 176 valence electrons. The van der Waals surface area contributed by atoms with Crippen LogP contribution in [0.3, 0.4) is 0 Å². The maximum absolute atomic E-state index is 12.5. The summed E-state index contributed by atoms with van der Waals surface area (Å²) in [5, 5.41) is 14.2. The van der Waals surface area contributed by atoms with Crippen molar-refractivity contribution >= 4 is 17.7 Å². The van der Waals surface area contributed by atoms with E-state index in [-0.39, 0.29) is 29.2 Å². The van der Waals surface area contributed by atoms with Gasteiger partial charge in [-0.25, -0.2) is 4.68 Å². The van der Waals surface area contributed by atoms with E-state index in [1.54, 1.807) is 72.8 Å². The minimum atomic E-state index is -0.784. The second-order valence-electron chi connectivity index (χ2n) is 7.40. The average molecular weight is 471 g/mol. The second-order valence-corrected chi connectivity index (χ2v) is 7.40. The topological polar surface area (TPSA) is 149 Å². The lowest BCUT2D eigenvalue weighted by molar-refractivity contribution is 0.0842. The SMILES string of the molecule is NC(=O)c1ccccc1OCc1cccc(C(=O)NNC(=O)c2nn(-c3ccccc3)cc2O)c1. The number of aromatic nitrogens is 2. The van der Waals surface area contributed by atoms with E-state index in [0.717, 1.165) is 0 Å². The lowest BCUT2D eigenvalue weighted by Crippen LogP contribution is -2.41. The maximum atomic E-state index is 12.5. The molecule has 3 amide bonds. The number of carbonyl (C=O) groups excluding carboxylic acids is 3. The van der Waals surface area contributed by atoms with Gasteiger partial charge in [0.15, 0.2) is 11.4 Å². The number of aromatic hydroxyl groups is 1. The van der Waals surface area contributed by atoms with Crippen LogP contribution in [0.5, 0.6) is 11.5 Å². The molecule has 1 aromatic heterocycles. The molecule has 0 atom stereocenters. The summed E-state index contributed by atoms with van der Waals surface area (Å²) in [6, 6.07) is 22.1. The zero-order valence-electron chi connectivity index (χ0n) is 18.3. The lowest BCUT2D eigenvalue weighted by atomic mass is 10.1. The van der Waals surface area contributed by atoms with E-state index >= 15 is 0 Å². The first-order chi connectivity index (χ1) is 16.9. The van der Waals surface area contributed by atoms with Gasteiger partial charge >= 0.3 is 0 Å².